The van der Waals surface area contributed by atoms with Gasteiger partial charge in [0.05, 0.1) is 13.0 Å². The van der Waals surface area contributed by atoms with Crippen LogP contribution in [0, 0.1) is 5.92 Å². The minimum atomic E-state index is -0.920. The molecule has 1 atom stereocenters. The molecule has 1 aromatic rings. The highest BCUT2D eigenvalue weighted by Gasteiger charge is 2.18. The van der Waals surface area contributed by atoms with Crippen LogP contribution in [0.3, 0.4) is 0 Å². The van der Waals surface area contributed by atoms with Gasteiger partial charge >= 0.3 is 5.97 Å². The average molecular weight is 252 g/mol. The third-order valence-corrected chi connectivity index (χ3v) is 2.56. The van der Waals surface area contributed by atoms with E-state index in [-0.39, 0.29) is 18.3 Å². The largest absolute Gasteiger partial charge is 0.481 e. The van der Waals surface area contributed by atoms with E-state index in [9.17, 15) is 9.59 Å². The zero-order valence-corrected chi connectivity index (χ0v) is 10.3. The van der Waals surface area contributed by atoms with Crippen molar-refractivity contribution in [3.8, 4) is 5.88 Å². The van der Waals surface area contributed by atoms with Crippen LogP contribution >= 0.6 is 0 Å². The molecule has 0 aliphatic rings. The summed E-state index contributed by atoms with van der Waals surface area (Å²) in [5, 5.41) is 11.4. The van der Waals surface area contributed by atoms with E-state index in [2.05, 4.69) is 10.3 Å². The van der Waals surface area contributed by atoms with Crippen LogP contribution in [0.15, 0.2) is 18.3 Å². The first-order chi connectivity index (χ1) is 8.60. The van der Waals surface area contributed by atoms with E-state index in [1.807, 2.05) is 0 Å². The van der Waals surface area contributed by atoms with Crippen molar-refractivity contribution >= 4 is 11.9 Å². The Morgan fingerprint density at radius 2 is 2.28 bits per heavy atom. The molecule has 0 saturated heterocycles. The monoisotopic (exact) mass is 252 g/mol. The lowest BCUT2D eigenvalue weighted by Gasteiger charge is -2.12. The van der Waals surface area contributed by atoms with Crippen LogP contribution in [0.25, 0.3) is 0 Å². The summed E-state index contributed by atoms with van der Waals surface area (Å²) < 4.78 is 4.96. The van der Waals surface area contributed by atoms with Crippen LogP contribution in [0.4, 0.5) is 0 Å². The molecule has 1 rings (SSSR count). The molecule has 1 heterocycles. The van der Waals surface area contributed by atoms with E-state index < -0.39 is 11.9 Å². The summed E-state index contributed by atoms with van der Waals surface area (Å²) in [5.41, 5.74) is 0.292. The Morgan fingerprint density at radius 3 is 2.83 bits per heavy atom. The topological polar surface area (TPSA) is 88.5 Å². The smallest absolute Gasteiger partial charge is 0.308 e. The predicted octanol–water partition coefficient (Wildman–Crippen LogP) is 0.931. The van der Waals surface area contributed by atoms with Crippen LogP contribution in [0.5, 0.6) is 5.88 Å². The molecule has 6 heteroatoms. The first-order valence-corrected chi connectivity index (χ1v) is 5.60. The van der Waals surface area contributed by atoms with Crippen molar-refractivity contribution in [1.82, 2.24) is 10.3 Å². The fraction of sp³-hybridized carbons (Fsp3) is 0.417. The minimum absolute atomic E-state index is 0.0860. The standard InChI is InChI=1S/C12H16N2O4/c1-3-8(12(16)17)7-14-10(15)9-5-4-6-13-11(9)18-2/h4-6,8H,3,7H2,1-2H3,(H,14,15)(H,16,17). The number of carboxylic acid groups (broad SMARTS) is 1. The number of ether oxygens (including phenoxy) is 1. The van der Waals surface area contributed by atoms with Crippen molar-refractivity contribution in [3.63, 3.8) is 0 Å². The van der Waals surface area contributed by atoms with Crippen molar-refractivity contribution in [2.24, 2.45) is 5.92 Å². The van der Waals surface area contributed by atoms with Crippen molar-refractivity contribution in [3.05, 3.63) is 23.9 Å². The summed E-state index contributed by atoms with van der Waals surface area (Å²) in [6.07, 6.45) is 1.97. The van der Waals surface area contributed by atoms with Gasteiger partial charge in [0.15, 0.2) is 0 Å². The van der Waals surface area contributed by atoms with Gasteiger partial charge in [-0.05, 0) is 18.6 Å². The van der Waals surface area contributed by atoms with E-state index >= 15 is 0 Å². The van der Waals surface area contributed by atoms with Gasteiger partial charge in [0.25, 0.3) is 5.91 Å². The second-order valence-electron chi connectivity index (χ2n) is 3.71. The Labute approximate surface area is 105 Å². The molecule has 98 valence electrons. The number of amides is 1. The Morgan fingerprint density at radius 1 is 1.56 bits per heavy atom. The van der Waals surface area contributed by atoms with E-state index in [0.29, 0.717) is 12.0 Å². The number of hydrogen-bond acceptors (Lipinski definition) is 4. The van der Waals surface area contributed by atoms with Gasteiger partial charge in [0, 0.05) is 12.7 Å². The van der Waals surface area contributed by atoms with E-state index in [1.165, 1.54) is 13.3 Å². The molecule has 0 spiro atoms. The highest BCUT2D eigenvalue weighted by molar-refractivity contribution is 5.96. The van der Waals surface area contributed by atoms with Gasteiger partial charge < -0.3 is 15.2 Å². The van der Waals surface area contributed by atoms with Crippen LogP contribution in [0.1, 0.15) is 23.7 Å². The van der Waals surface area contributed by atoms with E-state index in [0.717, 1.165) is 0 Å². The Kier molecular flexibility index (Phi) is 5.10. The second-order valence-corrected chi connectivity index (χ2v) is 3.71. The van der Waals surface area contributed by atoms with Crippen molar-refractivity contribution in [2.75, 3.05) is 13.7 Å². The number of carboxylic acids is 1. The van der Waals surface area contributed by atoms with Crippen molar-refractivity contribution in [1.29, 1.82) is 0 Å². The third-order valence-electron chi connectivity index (χ3n) is 2.56. The maximum absolute atomic E-state index is 11.8. The lowest BCUT2D eigenvalue weighted by atomic mass is 10.1. The number of rotatable bonds is 6. The molecule has 0 saturated carbocycles. The minimum Gasteiger partial charge on any atom is -0.481 e. The number of aliphatic carboxylic acids is 1. The molecule has 1 unspecified atom stereocenters. The number of nitrogens with zero attached hydrogens (tertiary/aromatic N) is 1. The molecular weight excluding hydrogens is 236 g/mol. The lowest BCUT2D eigenvalue weighted by molar-refractivity contribution is -0.141. The number of hydrogen-bond donors (Lipinski definition) is 2. The second kappa shape index (κ2) is 6.58. The average Bonchev–Trinajstić information content (AvgIpc) is 2.38. The lowest BCUT2D eigenvalue weighted by Crippen LogP contribution is -2.32. The molecule has 0 aliphatic carbocycles. The highest BCUT2D eigenvalue weighted by atomic mass is 16.5. The van der Waals surface area contributed by atoms with Crippen molar-refractivity contribution in [2.45, 2.75) is 13.3 Å². The highest BCUT2D eigenvalue weighted by Crippen LogP contribution is 2.13. The summed E-state index contributed by atoms with van der Waals surface area (Å²) in [6, 6.07) is 3.19. The summed E-state index contributed by atoms with van der Waals surface area (Å²) in [7, 11) is 1.42. The molecule has 2 N–H and O–H groups in total. The third kappa shape index (κ3) is 3.44. The molecule has 0 aliphatic heterocycles. The van der Waals surface area contributed by atoms with Gasteiger partial charge in [-0.2, -0.15) is 0 Å². The summed E-state index contributed by atoms with van der Waals surface area (Å²) >= 11 is 0. The SMILES string of the molecule is CCC(CNC(=O)c1cccnc1OC)C(=O)O. The molecule has 0 fully saturated rings. The van der Waals surface area contributed by atoms with Crippen molar-refractivity contribution < 1.29 is 19.4 Å². The maximum atomic E-state index is 11.8. The Hall–Kier alpha value is -2.11. The first-order valence-electron chi connectivity index (χ1n) is 5.60. The number of carbonyl (C=O) groups is 2. The quantitative estimate of drug-likeness (QED) is 0.786. The summed E-state index contributed by atoms with van der Waals surface area (Å²) in [6.45, 7) is 1.85. The van der Waals surface area contributed by atoms with Gasteiger partial charge in [-0.1, -0.05) is 6.92 Å². The number of methoxy groups -OCH3 is 1. The molecule has 0 radical (unpaired) electrons. The van der Waals surface area contributed by atoms with E-state index in [4.69, 9.17) is 9.84 Å². The van der Waals surface area contributed by atoms with Crippen LogP contribution < -0.4 is 10.1 Å². The predicted molar refractivity (Wildman–Crippen MR) is 64.5 cm³/mol. The number of aromatic nitrogens is 1. The molecule has 6 nitrogen and oxygen atoms in total. The zero-order chi connectivity index (χ0) is 13.5. The molecule has 1 amide bonds. The molecule has 18 heavy (non-hydrogen) atoms. The number of nitrogens with one attached hydrogen (secondary N) is 1. The number of pyridine rings is 1. The van der Waals surface area contributed by atoms with Gasteiger partial charge in [-0.15, -0.1) is 0 Å². The Balaban J connectivity index is 2.68. The van der Waals surface area contributed by atoms with Gasteiger partial charge in [-0.25, -0.2) is 4.98 Å². The summed E-state index contributed by atoms with van der Waals surface area (Å²) in [4.78, 5) is 26.6. The van der Waals surface area contributed by atoms with Gasteiger partial charge in [0.2, 0.25) is 5.88 Å². The molecule has 0 bridgehead atoms. The molecule has 1 aromatic heterocycles. The van der Waals surface area contributed by atoms with Crippen LogP contribution in [-0.4, -0.2) is 35.6 Å². The maximum Gasteiger partial charge on any atom is 0.308 e. The van der Waals surface area contributed by atoms with Gasteiger partial charge in [0.1, 0.15) is 5.56 Å². The molecular formula is C12H16N2O4. The van der Waals surface area contributed by atoms with E-state index in [1.54, 1.807) is 19.1 Å². The fourth-order valence-electron chi connectivity index (χ4n) is 1.44. The Bertz CT molecular complexity index is 434. The normalized spacial score (nSPS) is 11.7. The van der Waals surface area contributed by atoms with Gasteiger partial charge in [-0.3, -0.25) is 9.59 Å². The molecule has 0 aromatic carbocycles. The summed E-state index contributed by atoms with van der Waals surface area (Å²) in [5.74, 6) is -1.68. The van der Waals surface area contributed by atoms with Crippen LogP contribution in [0.2, 0.25) is 0 Å². The zero-order valence-electron chi connectivity index (χ0n) is 10.3. The van der Waals surface area contributed by atoms with Crippen LogP contribution in [-0.2, 0) is 4.79 Å². The number of carbonyl (C=O) groups excluding carboxylic acids is 1. The first kappa shape index (κ1) is 14.0. The fourth-order valence-corrected chi connectivity index (χ4v) is 1.44.